The minimum atomic E-state index is -0.229. The summed E-state index contributed by atoms with van der Waals surface area (Å²) in [5.74, 6) is -0.229. The SMILES string of the molecule is Fc1ccc(CC2(c3ccccc3Cl)CNC2)cc1Br. The first-order chi connectivity index (χ1) is 9.61. The third kappa shape index (κ3) is 2.50. The zero-order valence-electron chi connectivity index (χ0n) is 10.8. The van der Waals surface area contributed by atoms with Gasteiger partial charge in [-0.05, 0) is 51.7 Å². The molecule has 3 rings (SSSR count). The van der Waals surface area contributed by atoms with Crippen LogP contribution in [0.4, 0.5) is 4.39 Å². The van der Waals surface area contributed by atoms with E-state index in [4.69, 9.17) is 11.6 Å². The van der Waals surface area contributed by atoms with Gasteiger partial charge in [-0.25, -0.2) is 4.39 Å². The number of rotatable bonds is 3. The Hall–Kier alpha value is -0.900. The Labute approximate surface area is 131 Å². The normalized spacial score (nSPS) is 16.8. The van der Waals surface area contributed by atoms with Crippen LogP contribution in [-0.4, -0.2) is 13.1 Å². The second kappa shape index (κ2) is 5.47. The molecule has 1 aliphatic rings. The van der Waals surface area contributed by atoms with E-state index in [1.165, 1.54) is 11.6 Å². The Bertz CT molecular complexity index is 640. The van der Waals surface area contributed by atoms with Gasteiger partial charge in [-0.15, -0.1) is 0 Å². The first-order valence-electron chi connectivity index (χ1n) is 6.50. The summed E-state index contributed by atoms with van der Waals surface area (Å²) in [5, 5.41) is 4.13. The second-order valence-corrected chi connectivity index (χ2v) is 6.55. The van der Waals surface area contributed by atoms with Gasteiger partial charge >= 0.3 is 0 Å². The lowest BCUT2D eigenvalue weighted by molar-refractivity contribution is 0.275. The van der Waals surface area contributed by atoms with Gasteiger partial charge in [0.25, 0.3) is 0 Å². The first kappa shape index (κ1) is 14.1. The van der Waals surface area contributed by atoms with E-state index in [0.717, 1.165) is 30.1 Å². The van der Waals surface area contributed by atoms with Crippen LogP contribution in [-0.2, 0) is 11.8 Å². The van der Waals surface area contributed by atoms with Crippen LogP contribution in [0.2, 0.25) is 5.02 Å². The van der Waals surface area contributed by atoms with E-state index in [1.807, 2.05) is 30.3 Å². The molecule has 1 saturated heterocycles. The lowest BCUT2D eigenvalue weighted by atomic mass is 9.71. The predicted octanol–water partition coefficient (Wildman–Crippen LogP) is 4.33. The Morgan fingerprint density at radius 2 is 1.95 bits per heavy atom. The molecule has 2 aromatic rings. The molecule has 1 aliphatic heterocycles. The van der Waals surface area contributed by atoms with Crippen molar-refractivity contribution < 1.29 is 4.39 Å². The van der Waals surface area contributed by atoms with E-state index in [-0.39, 0.29) is 11.2 Å². The summed E-state index contributed by atoms with van der Waals surface area (Å²) in [4.78, 5) is 0. The zero-order valence-corrected chi connectivity index (χ0v) is 13.1. The van der Waals surface area contributed by atoms with Crippen LogP contribution in [0.25, 0.3) is 0 Å². The summed E-state index contributed by atoms with van der Waals surface area (Å²) in [6.07, 6.45) is 0.850. The van der Waals surface area contributed by atoms with Crippen molar-refractivity contribution in [2.75, 3.05) is 13.1 Å². The van der Waals surface area contributed by atoms with Crippen molar-refractivity contribution in [3.05, 3.63) is 68.9 Å². The highest BCUT2D eigenvalue weighted by molar-refractivity contribution is 9.10. The molecule has 4 heteroatoms. The molecule has 0 radical (unpaired) electrons. The zero-order chi connectivity index (χ0) is 14.2. The lowest BCUT2D eigenvalue weighted by Crippen LogP contribution is -2.58. The number of halogens is 3. The van der Waals surface area contributed by atoms with Crippen molar-refractivity contribution in [3.8, 4) is 0 Å². The molecule has 2 aromatic carbocycles. The molecular weight excluding hydrogens is 341 g/mol. The fourth-order valence-corrected chi connectivity index (χ4v) is 3.53. The minimum absolute atomic E-state index is 0.00954. The maximum atomic E-state index is 13.3. The van der Waals surface area contributed by atoms with Gasteiger partial charge in [0.1, 0.15) is 5.82 Å². The summed E-state index contributed by atoms with van der Waals surface area (Å²) >= 11 is 9.59. The Morgan fingerprint density at radius 3 is 2.55 bits per heavy atom. The van der Waals surface area contributed by atoms with Gasteiger partial charge in [0.15, 0.2) is 0 Å². The van der Waals surface area contributed by atoms with Gasteiger partial charge in [0.2, 0.25) is 0 Å². The van der Waals surface area contributed by atoms with Crippen molar-refractivity contribution in [1.82, 2.24) is 5.32 Å². The maximum Gasteiger partial charge on any atom is 0.137 e. The van der Waals surface area contributed by atoms with Crippen LogP contribution in [0.15, 0.2) is 46.9 Å². The van der Waals surface area contributed by atoms with E-state index in [9.17, 15) is 4.39 Å². The summed E-state index contributed by atoms with van der Waals surface area (Å²) < 4.78 is 13.8. The largest absolute Gasteiger partial charge is 0.315 e. The number of hydrogen-bond acceptors (Lipinski definition) is 1. The van der Waals surface area contributed by atoms with Crippen molar-refractivity contribution >= 4 is 27.5 Å². The molecule has 0 aliphatic carbocycles. The molecule has 20 heavy (non-hydrogen) atoms. The molecule has 0 spiro atoms. The topological polar surface area (TPSA) is 12.0 Å². The molecule has 1 fully saturated rings. The van der Waals surface area contributed by atoms with Gasteiger partial charge in [0.05, 0.1) is 4.47 Å². The molecule has 1 heterocycles. The Balaban J connectivity index is 1.94. The van der Waals surface area contributed by atoms with Crippen molar-refractivity contribution in [3.63, 3.8) is 0 Å². The van der Waals surface area contributed by atoms with Gasteiger partial charge in [-0.1, -0.05) is 35.9 Å². The highest BCUT2D eigenvalue weighted by Gasteiger charge is 2.40. The summed E-state index contributed by atoms with van der Waals surface area (Å²) in [6.45, 7) is 1.79. The molecule has 1 N–H and O–H groups in total. The monoisotopic (exact) mass is 353 g/mol. The summed E-state index contributed by atoms with van der Waals surface area (Å²) in [5.41, 5.74) is 2.29. The Morgan fingerprint density at radius 1 is 1.20 bits per heavy atom. The lowest BCUT2D eigenvalue weighted by Gasteiger charge is -2.44. The van der Waals surface area contributed by atoms with Crippen LogP contribution in [0.3, 0.4) is 0 Å². The van der Waals surface area contributed by atoms with Crippen LogP contribution >= 0.6 is 27.5 Å². The highest BCUT2D eigenvalue weighted by atomic mass is 79.9. The summed E-state index contributed by atoms with van der Waals surface area (Å²) in [6, 6.07) is 13.2. The van der Waals surface area contributed by atoms with Crippen molar-refractivity contribution in [1.29, 1.82) is 0 Å². The summed E-state index contributed by atoms with van der Waals surface area (Å²) in [7, 11) is 0. The number of nitrogens with one attached hydrogen (secondary N) is 1. The average Bonchev–Trinajstić information content (AvgIpc) is 2.39. The minimum Gasteiger partial charge on any atom is -0.315 e. The molecule has 0 aromatic heterocycles. The van der Waals surface area contributed by atoms with E-state index in [2.05, 4.69) is 27.3 Å². The molecule has 0 atom stereocenters. The maximum absolute atomic E-state index is 13.3. The first-order valence-corrected chi connectivity index (χ1v) is 7.67. The van der Waals surface area contributed by atoms with E-state index in [1.54, 1.807) is 0 Å². The average molecular weight is 355 g/mol. The van der Waals surface area contributed by atoms with Gasteiger partial charge < -0.3 is 5.32 Å². The molecule has 0 bridgehead atoms. The van der Waals surface area contributed by atoms with Crippen molar-refractivity contribution in [2.24, 2.45) is 0 Å². The third-order valence-electron chi connectivity index (χ3n) is 3.90. The van der Waals surface area contributed by atoms with Gasteiger partial charge in [-0.2, -0.15) is 0 Å². The van der Waals surface area contributed by atoms with E-state index < -0.39 is 0 Å². The molecule has 0 unspecified atom stereocenters. The van der Waals surface area contributed by atoms with Gasteiger partial charge in [0, 0.05) is 23.5 Å². The Kier molecular flexibility index (Phi) is 3.85. The number of benzene rings is 2. The smallest absolute Gasteiger partial charge is 0.137 e. The predicted molar refractivity (Wildman–Crippen MR) is 83.8 cm³/mol. The van der Waals surface area contributed by atoms with Crippen LogP contribution in [0.1, 0.15) is 11.1 Å². The molecule has 1 nitrogen and oxygen atoms in total. The highest BCUT2D eigenvalue weighted by Crippen LogP contribution is 2.37. The third-order valence-corrected chi connectivity index (χ3v) is 4.84. The van der Waals surface area contributed by atoms with E-state index in [0.29, 0.717) is 4.47 Å². The van der Waals surface area contributed by atoms with Crippen molar-refractivity contribution in [2.45, 2.75) is 11.8 Å². The van der Waals surface area contributed by atoms with Crippen LogP contribution in [0.5, 0.6) is 0 Å². The fourth-order valence-electron chi connectivity index (χ4n) is 2.77. The second-order valence-electron chi connectivity index (χ2n) is 5.29. The van der Waals surface area contributed by atoms with Gasteiger partial charge in [-0.3, -0.25) is 0 Å². The molecular formula is C16H14BrClFN. The quantitative estimate of drug-likeness (QED) is 0.865. The standard InChI is InChI=1S/C16H14BrClFN/c17-13-7-11(5-6-15(13)19)8-16(9-20-10-16)12-3-1-2-4-14(12)18/h1-7,20H,8-10H2. The molecule has 104 valence electrons. The van der Waals surface area contributed by atoms with E-state index >= 15 is 0 Å². The molecule has 0 amide bonds. The molecule has 0 saturated carbocycles. The van der Waals surface area contributed by atoms with Crippen LogP contribution < -0.4 is 5.32 Å². The number of hydrogen-bond donors (Lipinski definition) is 1. The fraction of sp³-hybridized carbons (Fsp3) is 0.250. The van der Waals surface area contributed by atoms with Crippen LogP contribution in [0, 0.1) is 5.82 Å².